The first kappa shape index (κ1) is 17.6. The first-order chi connectivity index (χ1) is 13.6. The number of nitrogens with zero attached hydrogens (tertiary/aromatic N) is 2. The van der Waals surface area contributed by atoms with Crippen molar-refractivity contribution in [3.05, 3.63) is 59.7 Å². The van der Waals surface area contributed by atoms with Crippen molar-refractivity contribution in [1.29, 1.82) is 0 Å². The van der Waals surface area contributed by atoms with Crippen LogP contribution in [-0.2, 0) is 16.8 Å². The van der Waals surface area contributed by atoms with Gasteiger partial charge in [-0.25, -0.2) is 4.99 Å². The largest absolute Gasteiger partial charge is 0.382 e. The van der Waals surface area contributed by atoms with Gasteiger partial charge < -0.3 is 10.5 Å². The number of methoxy groups -OCH3 is 1. The summed E-state index contributed by atoms with van der Waals surface area (Å²) in [5.41, 5.74) is 11.6. The van der Waals surface area contributed by atoms with Gasteiger partial charge in [-0.3, -0.25) is 4.99 Å². The molecule has 3 aliphatic rings. The number of benzene rings is 2. The first-order valence-corrected chi connectivity index (χ1v) is 10.2. The highest BCUT2D eigenvalue weighted by molar-refractivity contribution is 6.41. The number of hydrogen-bond donors (Lipinski definition) is 1. The van der Waals surface area contributed by atoms with Crippen LogP contribution in [0, 0.1) is 5.41 Å². The quantitative estimate of drug-likeness (QED) is 0.844. The maximum atomic E-state index is 6.28. The molecule has 4 heteroatoms. The zero-order chi connectivity index (χ0) is 19.4. The molecular formula is C24H27N3O. The molecule has 2 spiro atoms. The van der Waals surface area contributed by atoms with E-state index < -0.39 is 5.66 Å². The van der Waals surface area contributed by atoms with E-state index in [0.717, 1.165) is 37.8 Å². The zero-order valence-electron chi connectivity index (χ0n) is 16.6. The van der Waals surface area contributed by atoms with Gasteiger partial charge in [0.1, 0.15) is 5.84 Å². The fourth-order valence-corrected chi connectivity index (χ4v) is 5.48. The van der Waals surface area contributed by atoms with E-state index in [0.29, 0.717) is 11.9 Å². The molecule has 0 amide bonds. The lowest BCUT2D eigenvalue weighted by Crippen LogP contribution is -2.43. The van der Waals surface area contributed by atoms with E-state index in [1.54, 1.807) is 0 Å². The van der Waals surface area contributed by atoms with E-state index in [4.69, 9.17) is 20.5 Å². The Bertz CT molecular complexity index is 951. The zero-order valence-corrected chi connectivity index (χ0v) is 16.6. The van der Waals surface area contributed by atoms with Crippen LogP contribution in [0.3, 0.4) is 0 Å². The van der Waals surface area contributed by atoms with Crippen LogP contribution in [0.15, 0.2) is 58.5 Å². The van der Waals surface area contributed by atoms with Crippen molar-refractivity contribution in [3.8, 4) is 11.1 Å². The Morgan fingerprint density at radius 1 is 1.00 bits per heavy atom. The molecule has 1 aliphatic heterocycles. The molecule has 2 N–H and O–H groups in total. The number of ether oxygens (including phenoxy) is 1. The summed E-state index contributed by atoms with van der Waals surface area (Å²) in [6.07, 6.45) is 5.60. The molecule has 28 heavy (non-hydrogen) atoms. The minimum absolute atomic E-state index is 0.00204. The molecule has 0 radical (unpaired) electrons. The summed E-state index contributed by atoms with van der Waals surface area (Å²) in [4.78, 5) is 10.2. The van der Waals surface area contributed by atoms with Crippen LogP contribution < -0.4 is 5.73 Å². The molecule has 0 bridgehead atoms. The molecule has 4 nitrogen and oxygen atoms in total. The van der Waals surface area contributed by atoms with Crippen molar-refractivity contribution in [2.45, 2.75) is 50.8 Å². The predicted octanol–water partition coefficient (Wildman–Crippen LogP) is 4.47. The van der Waals surface area contributed by atoms with Crippen molar-refractivity contribution in [3.63, 3.8) is 0 Å². The SMILES string of the molecule is COC1CCC2(CC1)Cc1ccc(-c3ccccc3)cc1[C@@]21N=C(C)C(N)=N1. The summed E-state index contributed by atoms with van der Waals surface area (Å²) in [6, 6.07) is 17.4. The van der Waals surface area contributed by atoms with Crippen molar-refractivity contribution in [2.75, 3.05) is 7.11 Å². The second kappa shape index (κ2) is 6.28. The summed E-state index contributed by atoms with van der Waals surface area (Å²) in [7, 11) is 1.82. The third-order valence-electron chi connectivity index (χ3n) is 7.07. The second-order valence-electron chi connectivity index (χ2n) is 8.50. The van der Waals surface area contributed by atoms with Crippen molar-refractivity contribution in [1.82, 2.24) is 0 Å². The van der Waals surface area contributed by atoms with E-state index in [1.807, 2.05) is 14.0 Å². The fraction of sp³-hybridized carbons (Fsp3) is 0.417. The summed E-state index contributed by atoms with van der Waals surface area (Å²) < 4.78 is 5.64. The van der Waals surface area contributed by atoms with Crippen molar-refractivity contribution in [2.24, 2.45) is 21.1 Å². The van der Waals surface area contributed by atoms with Gasteiger partial charge in [0.05, 0.1) is 11.8 Å². The first-order valence-electron chi connectivity index (χ1n) is 10.2. The van der Waals surface area contributed by atoms with Crippen LogP contribution in [0.1, 0.15) is 43.7 Å². The van der Waals surface area contributed by atoms with Gasteiger partial charge in [0.25, 0.3) is 0 Å². The second-order valence-corrected chi connectivity index (χ2v) is 8.50. The summed E-state index contributed by atoms with van der Waals surface area (Å²) in [6.45, 7) is 1.99. The van der Waals surface area contributed by atoms with Gasteiger partial charge in [-0.2, -0.15) is 0 Å². The molecular weight excluding hydrogens is 346 g/mol. The van der Waals surface area contributed by atoms with Gasteiger partial charge in [0.15, 0.2) is 5.66 Å². The molecule has 1 saturated carbocycles. The van der Waals surface area contributed by atoms with E-state index in [-0.39, 0.29) is 5.41 Å². The lowest BCUT2D eigenvalue weighted by Gasteiger charge is -2.44. The maximum Gasteiger partial charge on any atom is 0.184 e. The molecule has 2 aromatic carbocycles. The van der Waals surface area contributed by atoms with Crippen LogP contribution in [-0.4, -0.2) is 24.8 Å². The van der Waals surface area contributed by atoms with Gasteiger partial charge in [-0.1, -0.05) is 42.5 Å². The monoisotopic (exact) mass is 373 g/mol. The Balaban J connectivity index is 1.65. The van der Waals surface area contributed by atoms with E-state index in [2.05, 4.69) is 48.5 Å². The molecule has 1 fully saturated rings. The Hall–Kier alpha value is -2.46. The van der Waals surface area contributed by atoms with E-state index >= 15 is 0 Å². The van der Waals surface area contributed by atoms with Gasteiger partial charge in [-0.15, -0.1) is 0 Å². The number of rotatable bonds is 2. The Labute approximate surface area is 166 Å². The molecule has 5 rings (SSSR count). The highest BCUT2D eigenvalue weighted by Crippen LogP contribution is 2.62. The van der Waals surface area contributed by atoms with E-state index in [9.17, 15) is 0 Å². The average molecular weight is 374 g/mol. The Morgan fingerprint density at radius 2 is 1.75 bits per heavy atom. The van der Waals surface area contributed by atoms with Crippen LogP contribution in [0.25, 0.3) is 11.1 Å². The smallest absolute Gasteiger partial charge is 0.184 e. The number of aliphatic imine (C=N–C) groups is 2. The molecule has 2 aliphatic carbocycles. The van der Waals surface area contributed by atoms with E-state index in [1.165, 1.54) is 22.3 Å². The minimum Gasteiger partial charge on any atom is -0.382 e. The predicted molar refractivity (Wildman–Crippen MR) is 114 cm³/mol. The van der Waals surface area contributed by atoms with Crippen LogP contribution in [0.4, 0.5) is 0 Å². The topological polar surface area (TPSA) is 60.0 Å². The van der Waals surface area contributed by atoms with Gasteiger partial charge in [0.2, 0.25) is 0 Å². The summed E-state index contributed by atoms with van der Waals surface area (Å²) in [5.74, 6) is 0.589. The Kier molecular flexibility index (Phi) is 3.95. The Morgan fingerprint density at radius 3 is 2.39 bits per heavy atom. The van der Waals surface area contributed by atoms with Gasteiger partial charge in [0, 0.05) is 18.1 Å². The van der Waals surface area contributed by atoms with Crippen LogP contribution in [0.5, 0.6) is 0 Å². The van der Waals surface area contributed by atoms with Crippen LogP contribution >= 0.6 is 0 Å². The maximum absolute atomic E-state index is 6.28. The summed E-state index contributed by atoms with van der Waals surface area (Å²) in [5, 5.41) is 0. The minimum atomic E-state index is -0.569. The van der Waals surface area contributed by atoms with Gasteiger partial charge >= 0.3 is 0 Å². The van der Waals surface area contributed by atoms with Crippen molar-refractivity contribution < 1.29 is 4.74 Å². The fourth-order valence-electron chi connectivity index (χ4n) is 5.48. The molecule has 1 atom stereocenters. The third kappa shape index (κ3) is 2.40. The molecule has 0 unspecified atom stereocenters. The number of hydrogen-bond acceptors (Lipinski definition) is 4. The third-order valence-corrected chi connectivity index (χ3v) is 7.07. The standard InChI is InChI=1S/C24H27N3O/c1-16-22(25)27-24(26-16)21-14-18(17-6-4-3-5-7-17)8-9-19(21)15-23(24)12-10-20(28-2)11-13-23/h3-9,14,20H,10-13,15H2,1-2H3,(H2,25,27)/t20?,23?,24-/m0/s1. The molecule has 0 saturated heterocycles. The molecule has 144 valence electrons. The number of nitrogens with two attached hydrogens (primary N) is 1. The highest BCUT2D eigenvalue weighted by Gasteiger charge is 2.60. The lowest BCUT2D eigenvalue weighted by molar-refractivity contribution is -0.000371. The normalized spacial score (nSPS) is 31.1. The van der Waals surface area contributed by atoms with Crippen molar-refractivity contribution >= 4 is 11.5 Å². The van der Waals surface area contributed by atoms with Gasteiger partial charge in [-0.05, 0) is 61.8 Å². The van der Waals surface area contributed by atoms with Crippen LogP contribution in [0.2, 0.25) is 0 Å². The number of amidine groups is 1. The molecule has 1 heterocycles. The molecule has 0 aromatic heterocycles. The summed E-state index contributed by atoms with van der Waals surface area (Å²) >= 11 is 0. The lowest BCUT2D eigenvalue weighted by atomic mass is 9.65. The average Bonchev–Trinajstić information content (AvgIpc) is 3.17. The molecule has 2 aromatic rings. The highest BCUT2D eigenvalue weighted by atomic mass is 16.5. The number of fused-ring (bicyclic) bond motifs is 3.